The Morgan fingerprint density at radius 2 is 1.83 bits per heavy atom. The number of benzene rings is 2. The molecule has 0 radical (unpaired) electrons. The Bertz CT molecular complexity index is 1260. The highest BCUT2D eigenvalue weighted by atomic mass is 35.5. The molecule has 0 atom stereocenters. The summed E-state index contributed by atoms with van der Waals surface area (Å²) < 4.78 is 0. The maximum absolute atomic E-state index is 12.9. The number of amides is 3. The van der Waals surface area contributed by atoms with Crippen molar-refractivity contribution in [2.24, 2.45) is 0 Å². The monoisotopic (exact) mass is 509 g/mol. The van der Waals surface area contributed by atoms with Crippen LogP contribution in [0.5, 0.6) is 0 Å². The van der Waals surface area contributed by atoms with E-state index >= 15 is 0 Å². The number of nitrogens with one attached hydrogen (secondary N) is 1. The summed E-state index contributed by atoms with van der Waals surface area (Å²) in [5, 5.41) is 2.76. The molecule has 35 heavy (non-hydrogen) atoms. The van der Waals surface area contributed by atoms with E-state index in [1.54, 1.807) is 30.3 Å². The molecule has 6 nitrogen and oxygen atoms in total. The number of halogens is 1. The van der Waals surface area contributed by atoms with Gasteiger partial charge in [0.1, 0.15) is 6.54 Å². The lowest BCUT2D eigenvalue weighted by molar-refractivity contribution is -0.127. The first-order chi connectivity index (χ1) is 16.5. The van der Waals surface area contributed by atoms with Gasteiger partial charge in [0.2, 0.25) is 5.91 Å². The fourth-order valence-electron chi connectivity index (χ4n) is 4.77. The molecule has 182 valence electrons. The third kappa shape index (κ3) is 5.16. The van der Waals surface area contributed by atoms with Crippen LogP contribution < -0.4 is 10.2 Å². The summed E-state index contributed by atoms with van der Waals surface area (Å²) >= 11 is 6.71. The highest BCUT2D eigenvalue weighted by Crippen LogP contribution is 2.41. The van der Waals surface area contributed by atoms with E-state index < -0.39 is 17.1 Å². The molecule has 2 aliphatic heterocycles. The summed E-state index contributed by atoms with van der Waals surface area (Å²) in [7, 11) is 0. The number of carbonyl (C=O) groups excluding carboxylic acids is 3. The number of hydrogen-bond acceptors (Lipinski definition) is 5. The van der Waals surface area contributed by atoms with Crippen molar-refractivity contribution in [1.82, 2.24) is 4.90 Å². The maximum atomic E-state index is 12.9. The second-order valence-corrected chi connectivity index (χ2v) is 11.0. The van der Waals surface area contributed by atoms with E-state index in [0.29, 0.717) is 21.7 Å². The van der Waals surface area contributed by atoms with Crippen LogP contribution in [0.4, 0.5) is 16.2 Å². The number of rotatable bonds is 5. The Morgan fingerprint density at radius 1 is 1.14 bits per heavy atom. The molecule has 0 spiro atoms. The molecule has 2 aromatic rings. The van der Waals surface area contributed by atoms with Gasteiger partial charge in [-0.05, 0) is 100.0 Å². The Labute approximate surface area is 215 Å². The molecular formula is C27H28ClN3O3S. The van der Waals surface area contributed by atoms with Gasteiger partial charge < -0.3 is 10.2 Å². The fourth-order valence-corrected chi connectivity index (χ4v) is 5.73. The van der Waals surface area contributed by atoms with Gasteiger partial charge in [0.05, 0.1) is 10.4 Å². The van der Waals surface area contributed by atoms with Gasteiger partial charge in [-0.1, -0.05) is 23.7 Å². The van der Waals surface area contributed by atoms with Crippen LogP contribution in [0.2, 0.25) is 5.02 Å². The van der Waals surface area contributed by atoms with E-state index in [0.717, 1.165) is 33.5 Å². The normalized spacial score (nSPS) is 18.3. The zero-order chi connectivity index (χ0) is 25.5. The van der Waals surface area contributed by atoms with E-state index in [1.165, 1.54) is 5.57 Å². The number of allylic oxidation sites excluding steroid dienone is 1. The molecular weight excluding hydrogens is 482 g/mol. The lowest BCUT2D eigenvalue weighted by atomic mass is 9.87. The van der Waals surface area contributed by atoms with Crippen LogP contribution in [0.25, 0.3) is 11.6 Å². The summed E-state index contributed by atoms with van der Waals surface area (Å²) in [5.74, 6) is -0.928. The zero-order valence-electron chi connectivity index (χ0n) is 20.4. The Balaban J connectivity index is 1.53. The molecule has 2 heterocycles. The predicted octanol–water partition coefficient (Wildman–Crippen LogP) is 6.43. The average molecular weight is 510 g/mol. The summed E-state index contributed by atoms with van der Waals surface area (Å²) in [4.78, 5) is 41.5. The largest absolute Gasteiger partial charge is 0.360 e. The van der Waals surface area contributed by atoms with Crippen molar-refractivity contribution in [3.63, 3.8) is 0 Å². The molecule has 1 N–H and O–H groups in total. The molecule has 4 rings (SSSR count). The van der Waals surface area contributed by atoms with E-state index in [4.69, 9.17) is 11.6 Å². The standard InChI is InChI=1S/C27H28ClN3O3S/c1-16(2)31-22-11-6-18(12-21(22)17(3)14-27(31,4)5)13-23-25(33)30(26(34)35-23)15-24(32)29-20-9-7-19(28)8-10-20/h6-14,16H,15H2,1-5H3,(H,29,32)/b23-13-. The van der Waals surface area contributed by atoms with Crippen LogP contribution in [-0.4, -0.2) is 40.1 Å². The molecule has 0 aromatic heterocycles. The van der Waals surface area contributed by atoms with Gasteiger partial charge in [-0.3, -0.25) is 19.3 Å². The zero-order valence-corrected chi connectivity index (χ0v) is 22.0. The van der Waals surface area contributed by atoms with Gasteiger partial charge in [-0.25, -0.2) is 0 Å². The van der Waals surface area contributed by atoms with Gasteiger partial charge in [0.25, 0.3) is 11.1 Å². The van der Waals surface area contributed by atoms with Crippen LogP contribution in [0, 0.1) is 0 Å². The fraction of sp³-hybridized carbons (Fsp3) is 0.296. The highest BCUT2D eigenvalue weighted by molar-refractivity contribution is 8.18. The first-order valence-corrected chi connectivity index (χ1v) is 12.6. The van der Waals surface area contributed by atoms with Crippen LogP contribution in [0.3, 0.4) is 0 Å². The number of nitrogens with zero attached hydrogens (tertiary/aromatic N) is 2. The quantitative estimate of drug-likeness (QED) is 0.470. The van der Waals surface area contributed by atoms with Crippen LogP contribution >= 0.6 is 23.4 Å². The number of anilines is 2. The molecule has 0 unspecified atom stereocenters. The molecule has 2 aliphatic rings. The van der Waals surface area contributed by atoms with Crippen molar-refractivity contribution in [3.8, 4) is 0 Å². The average Bonchev–Trinajstić information content (AvgIpc) is 3.02. The molecule has 2 aromatic carbocycles. The maximum Gasteiger partial charge on any atom is 0.294 e. The molecule has 0 saturated carbocycles. The number of thioether (sulfide) groups is 1. The molecule has 0 aliphatic carbocycles. The minimum atomic E-state index is -0.471. The Morgan fingerprint density at radius 3 is 2.49 bits per heavy atom. The second-order valence-electron chi connectivity index (χ2n) is 9.54. The smallest absolute Gasteiger partial charge is 0.294 e. The van der Waals surface area contributed by atoms with Gasteiger partial charge in [0, 0.05) is 28.0 Å². The lowest BCUT2D eigenvalue weighted by Crippen LogP contribution is -2.49. The Hall–Kier alpha value is -3.03. The van der Waals surface area contributed by atoms with E-state index in [9.17, 15) is 14.4 Å². The van der Waals surface area contributed by atoms with Crippen LogP contribution in [0.1, 0.15) is 45.7 Å². The third-order valence-electron chi connectivity index (χ3n) is 6.01. The number of hydrogen-bond donors (Lipinski definition) is 1. The summed E-state index contributed by atoms with van der Waals surface area (Å²) in [6.45, 7) is 10.5. The van der Waals surface area contributed by atoms with Crippen molar-refractivity contribution < 1.29 is 14.4 Å². The van der Waals surface area contributed by atoms with Crippen molar-refractivity contribution in [2.75, 3.05) is 16.8 Å². The lowest BCUT2D eigenvalue weighted by Gasteiger charge is -2.46. The summed E-state index contributed by atoms with van der Waals surface area (Å²) in [5.41, 5.74) is 4.68. The molecule has 0 bridgehead atoms. The second kappa shape index (κ2) is 9.55. The summed E-state index contributed by atoms with van der Waals surface area (Å²) in [6, 6.07) is 13.0. The minimum Gasteiger partial charge on any atom is -0.360 e. The SMILES string of the molecule is CC1=CC(C)(C)N(C(C)C)c2ccc(/C=C3\SC(=O)N(CC(=O)Nc4ccc(Cl)cc4)C3=O)cc21. The van der Waals surface area contributed by atoms with Crippen molar-refractivity contribution in [2.45, 2.75) is 46.2 Å². The third-order valence-corrected chi connectivity index (χ3v) is 7.17. The van der Waals surface area contributed by atoms with Crippen LogP contribution in [-0.2, 0) is 9.59 Å². The van der Waals surface area contributed by atoms with Crippen molar-refractivity contribution >= 4 is 63.4 Å². The molecule has 1 saturated heterocycles. The highest BCUT2D eigenvalue weighted by Gasteiger charge is 2.37. The first kappa shape index (κ1) is 25.1. The number of imide groups is 1. The van der Waals surface area contributed by atoms with Gasteiger partial charge >= 0.3 is 0 Å². The minimum absolute atomic E-state index is 0.109. The van der Waals surface area contributed by atoms with Gasteiger partial charge in [0.15, 0.2) is 0 Å². The Kier molecular flexibility index (Phi) is 6.84. The molecule has 3 amide bonds. The number of fused-ring (bicyclic) bond motifs is 1. The molecule has 8 heteroatoms. The molecule has 1 fully saturated rings. The van der Waals surface area contributed by atoms with Crippen LogP contribution in [0.15, 0.2) is 53.4 Å². The topological polar surface area (TPSA) is 69.7 Å². The van der Waals surface area contributed by atoms with Crippen molar-refractivity contribution in [1.29, 1.82) is 0 Å². The predicted molar refractivity (Wildman–Crippen MR) is 145 cm³/mol. The first-order valence-electron chi connectivity index (χ1n) is 11.4. The van der Waals surface area contributed by atoms with Gasteiger partial charge in [-0.2, -0.15) is 0 Å². The number of carbonyl (C=O) groups is 3. The van der Waals surface area contributed by atoms with Gasteiger partial charge in [-0.15, -0.1) is 0 Å². The summed E-state index contributed by atoms with van der Waals surface area (Å²) in [6.07, 6.45) is 3.97. The van der Waals surface area contributed by atoms with E-state index in [1.807, 2.05) is 12.1 Å². The van der Waals surface area contributed by atoms with E-state index in [-0.39, 0.29) is 12.1 Å². The van der Waals surface area contributed by atoms with Crippen molar-refractivity contribution in [3.05, 3.63) is 69.6 Å². The van der Waals surface area contributed by atoms with E-state index in [2.05, 4.69) is 57.0 Å².